The SMILES string of the molecule is CCC1(C(=O)Nc2ccccc2CCl)CCCC1. The monoisotopic (exact) mass is 265 g/mol. The third-order valence-electron chi connectivity index (χ3n) is 4.13. The van der Waals surface area contributed by atoms with Gasteiger partial charge in [-0.05, 0) is 30.9 Å². The molecule has 1 N–H and O–H groups in total. The number of benzene rings is 1. The first-order valence-corrected chi connectivity index (χ1v) is 7.20. The molecule has 0 bridgehead atoms. The van der Waals surface area contributed by atoms with Gasteiger partial charge < -0.3 is 5.32 Å². The van der Waals surface area contributed by atoms with Gasteiger partial charge in [-0.3, -0.25) is 4.79 Å². The summed E-state index contributed by atoms with van der Waals surface area (Å²) in [6.45, 7) is 2.11. The van der Waals surface area contributed by atoms with Crippen LogP contribution in [0, 0.1) is 5.41 Å². The van der Waals surface area contributed by atoms with Crippen molar-refractivity contribution in [3.63, 3.8) is 0 Å². The fraction of sp³-hybridized carbons (Fsp3) is 0.533. The Morgan fingerprint density at radius 2 is 2.00 bits per heavy atom. The highest BCUT2D eigenvalue weighted by Gasteiger charge is 2.39. The van der Waals surface area contributed by atoms with Crippen LogP contribution in [-0.4, -0.2) is 5.91 Å². The molecule has 98 valence electrons. The average Bonchev–Trinajstić information content (AvgIpc) is 2.89. The summed E-state index contributed by atoms with van der Waals surface area (Å²) < 4.78 is 0. The predicted octanol–water partition coefficient (Wildman–Crippen LogP) is 4.33. The van der Waals surface area contributed by atoms with E-state index in [9.17, 15) is 4.79 Å². The van der Waals surface area contributed by atoms with Crippen LogP contribution in [0.1, 0.15) is 44.6 Å². The Morgan fingerprint density at radius 3 is 2.61 bits per heavy atom. The number of anilines is 1. The Balaban J connectivity index is 2.15. The van der Waals surface area contributed by atoms with Crippen molar-refractivity contribution in [3.8, 4) is 0 Å². The van der Waals surface area contributed by atoms with Crippen molar-refractivity contribution in [1.29, 1.82) is 0 Å². The molecule has 0 spiro atoms. The lowest BCUT2D eigenvalue weighted by Crippen LogP contribution is -2.33. The molecule has 0 radical (unpaired) electrons. The minimum Gasteiger partial charge on any atom is -0.325 e. The summed E-state index contributed by atoms with van der Waals surface area (Å²) in [5.41, 5.74) is 1.69. The highest BCUT2D eigenvalue weighted by atomic mass is 35.5. The third kappa shape index (κ3) is 2.54. The van der Waals surface area contributed by atoms with Crippen LogP contribution in [0.15, 0.2) is 24.3 Å². The Hall–Kier alpha value is -1.02. The Morgan fingerprint density at radius 1 is 1.33 bits per heavy atom. The van der Waals surface area contributed by atoms with Gasteiger partial charge in [0.15, 0.2) is 0 Å². The third-order valence-corrected chi connectivity index (χ3v) is 4.42. The zero-order valence-electron chi connectivity index (χ0n) is 10.8. The largest absolute Gasteiger partial charge is 0.325 e. The lowest BCUT2D eigenvalue weighted by Gasteiger charge is -2.26. The number of hydrogen-bond acceptors (Lipinski definition) is 1. The second-order valence-electron chi connectivity index (χ2n) is 5.09. The van der Waals surface area contributed by atoms with Crippen molar-refractivity contribution in [1.82, 2.24) is 0 Å². The topological polar surface area (TPSA) is 29.1 Å². The van der Waals surface area contributed by atoms with E-state index in [2.05, 4.69) is 12.2 Å². The molecule has 1 aromatic rings. The van der Waals surface area contributed by atoms with E-state index in [1.54, 1.807) is 0 Å². The van der Waals surface area contributed by atoms with Gasteiger partial charge in [0, 0.05) is 17.0 Å². The first-order valence-electron chi connectivity index (χ1n) is 6.67. The van der Waals surface area contributed by atoms with Gasteiger partial charge in [-0.15, -0.1) is 11.6 Å². The van der Waals surface area contributed by atoms with Crippen molar-refractivity contribution in [2.24, 2.45) is 5.41 Å². The molecule has 0 saturated heterocycles. The first kappa shape index (κ1) is 13.4. The molecule has 18 heavy (non-hydrogen) atoms. The van der Waals surface area contributed by atoms with Gasteiger partial charge in [0.2, 0.25) is 5.91 Å². The predicted molar refractivity (Wildman–Crippen MR) is 75.8 cm³/mol. The smallest absolute Gasteiger partial charge is 0.230 e. The van der Waals surface area contributed by atoms with Crippen LogP contribution in [0.5, 0.6) is 0 Å². The molecular weight excluding hydrogens is 246 g/mol. The number of para-hydroxylation sites is 1. The molecule has 3 heteroatoms. The molecule has 1 saturated carbocycles. The van der Waals surface area contributed by atoms with E-state index in [4.69, 9.17) is 11.6 Å². The van der Waals surface area contributed by atoms with Gasteiger partial charge in [-0.25, -0.2) is 0 Å². The van der Waals surface area contributed by atoms with Crippen molar-refractivity contribution in [3.05, 3.63) is 29.8 Å². The molecule has 1 aliphatic carbocycles. The zero-order valence-corrected chi connectivity index (χ0v) is 11.6. The van der Waals surface area contributed by atoms with Gasteiger partial charge in [0.05, 0.1) is 0 Å². The molecule has 0 atom stereocenters. The van der Waals surface area contributed by atoms with E-state index in [1.807, 2.05) is 24.3 Å². The van der Waals surface area contributed by atoms with Crippen LogP contribution in [0.4, 0.5) is 5.69 Å². The van der Waals surface area contributed by atoms with Crippen LogP contribution in [0.2, 0.25) is 0 Å². The second kappa shape index (κ2) is 5.75. The summed E-state index contributed by atoms with van der Waals surface area (Å²) in [5.74, 6) is 0.593. The molecule has 0 unspecified atom stereocenters. The van der Waals surface area contributed by atoms with Gasteiger partial charge in [0.25, 0.3) is 0 Å². The van der Waals surface area contributed by atoms with Crippen LogP contribution < -0.4 is 5.32 Å². The van der Waals surface area contributed by atoms with Gasteiger partial charge in [-0.1, -0.05) is 38.0 Å². The van der Waals surface area contributed by atoms with Gasteiger partial charge >= 0.3 is 0 Å². The molecule has 0 aromatic heterocycles. The van der Waals surface area contributed by atoms with Crippen LogP contribution in [-0.2, 0) is 10.7 Å². The first-order chi connectivity index (χ1) is 8.72. The number of rotatable bonds is 4. The van der Waals surface area contributed by atoms with Crippen LogP contribution in [0.25, 0.3) is 0 Å². The van der Waals surface area contributed by atoms with Crippen molar-refractivity contribution >= 4 is 23.2 Å². The van der Waals surface area contributed by atoms with E-state index in [-0.39, 0.29) is 11.3 Å². The molecule has 1 aromatic carbocycles. The lowest BCUT2D eigenvalue weighted by molar-refractivity contribution is -0.125. The number of alkyl halides is 1. The summed E-state index contributed by atoms with van der Waals surface area (Å²) in [6, 6.07) is 7.75. The van der Waals surface area contributed by atoms with Crippen molar-refractivity contribution < 1.29 is 4.79 Å². The normalized spacial score (nSPS) is 17.7. The van der Waals surface area contributed by atoms with Crippen molar-refractivity contribution in [2.45, 2.75) is 44.9 Å². The minimum atomic E-state index is -0.153. The minimum absolute atomic E-state index is 0.153. The van der Waals surface area contributed by atoms with Crippen molar-refractivity contribution in [2.75, 3.05) is 5.32 Å². The molecule has 0 aliphatic heterocycles. The highest BCUT2D eigenvalue weighted by molar-refractivity contribution is 6.17. The Labute approximate surface area is 114 Å². The van der Waals surface area contributed by atoms with Crippen LogP contribution in [0.3, 0.4) is 0 Å². The number of nitrogens with one attached hydrogen (secondary N) is 1. The van der Waals surface area contributed by atoms with E-state index in [0.29, 0.717) is 5.88 Å². The summed E-state index contributed by atoms with van der Waals surface area (Å²) in [4.78, 5) is 12.5. The maximum absolute atomic E-state index is 12.5. The fourth-order valence-electron chi connectivity index (χ4n) is 2.81. The molecule has 0 heterocycles. The number of hydrogen-bond donors (Lipinski definition) is 1. The number of carbonyl (C=O) groups excluding carboxylic acids is 1. The second-order valence-corrected chi connectivity index (χ2v) is 5.35. The molecule has 1 fully saturated rings. The maximum atomic E-state index is 12.5. The molecule has 2 rings (SSSR count). The summed E-state index contributed by atoms with van der Waals surface area (Å²) in [5, 5.41) is 3.07. The Kier molecular flexibility index (Phi) is 4.28. The summed E-state index contributed by atoms with van der Waals surface area (Å²) in [7, 11) is 0. The molecular formula is C15H20ClNO. The van der Waals surface area contributed by atoms with Gasteiger partial charge in [0.1, 0.15) is 0 Å². The van der Waals surface area contributed by atoms with E-state index in [0.717, 1.165) is 30.5 Å². The highest BCUT2D eigenvalue weighted by Crippen LogP contribution is 2.42. The molecule has 1 aliphatic rings. The number of amides is 1. The van der Waals surface area contributed by atoms with E-state index >= 15 is 0 Å². The maximum Gasteiger partial charge on any atom is 0.230 e. The summed E-state index contributed by atoms with van der Waals surface area (Å²) in [6.07, 6.45) is 5.27. The number of carbonyl (C=O) groups is 1. The lowest BCUT2D eigenvalue weighted by atomic mass is 9.82. The quantitative estimate of drug-likeness (QED) is 0.807. The van der Waals surface area contributed by atoms with Crippen LogP contribution >= 0.6 is 11.6 Å². The Bertz CT molecular complexity index is 424. The standard InChI is InChI=1S/C15H20ClNO/c1-2-15(9-5-6-10-15)14(18)17-13-8-4-3-7-12(13)11-16/h3-4,7-8H,2,5-6,9-11H2,1H3,(H,17,18). The number of halogens is 1. The van der Waals surface area contributed by atoms with Gasteiger partial charge in [-0.2, -0.15) is 0 Å². The zero-order chi connectivity index (χ0) is 13.0. The molecule has 2 nitrogen and oxygen atoms in total. The summed E-state index contributed by atoms with van der Waals surface area (Å²) >= 11 is 5.89. The molecule has 1 amide bonds. The van der Waals surface area contributed by atoms with E-state index in [1.165, 1.54) is 12.8 Å². The van der Waals surface area contributed by atoms with E-state index < -0.39 is 0 Å². The fourth-order valence-corrected chi connectivity index (χ4v) is 3.04. The average molecular weight is 266 g/mol.